The van der Waals surface area contributed by atoms with Gasteiger partial charge in [-0.2, -0.15) is 0 Å². The van der Waals surface area contributed by atoms with Gasteiger partial charge in [-0.3, -0.25) is 0 Å². The van der Waals surface area contributed by atoms with Crippen molar-refractivity contribution >= 4 is 22.8 Å². The lowest BCUT2D eigenvalue weighted by atomic mass is 10.0. The van der Waals surface area contributed by atoms with Gasteiger partial charge in [-0.05, 0) is 19.9 Å². The molecule has 0 N–H and O–H groups in total. The Labute approximate surface area is 151 Å². The summed E-state index contributed by atoms with van der Waals surface area (Å²) >= 11 is 6.08. The lowest BCUT2D eigenvalue weighted by Gasteiger charge is -2.11. The first-order chi connectivity index (χ1) is 12.1. The van der Waals surface area contributed by atoms with Gasteiger partial charge in [-0.25, -0.2) is 15.0 Å². The van der Waals surface area contributed by atoms with Crippen molar-refractivity contribution in [1.29, 1.82) is 0 Å². The molecule has 0 atom stereocenters. The second-order valence-electron chi connectivity index (χ2n) is 6.15. The summed E-state index contributed by atoms with van der Waals surface area (Å²) in [5, 5.41) is 0.555. The van der Waals surface area contributed by atoms with Crippen LogP contribution in [0.2, 0.25) is 5.02 Å². The third kappa shape index (κ3) is 3.11. The summed E-state index contributed by atoms with van der Waals surface area (Å²) < 4.78 is 0. The second-order valence-corrected chi connectivity index (χ2v) is 6.59. The van der Waals surface area contributed by atoms with E-state index in [9.17, 15) is 0 Å². The number of benzene rings is 2. The summed E-state index contributed by atoms with van der Waals surface area (Å²) in [6, 6.07) is 18.4. The van der Waals surface area contributed by atoms with E-state index in [0.29, 0.717) is 16.2 Å². The number of halogens is 1. The molecule has 0 fully saturated rings. The highest BCUT2D eigenvalue weighted by Crippen LogP contribution is 2.31. The number of hydrogen-bond donors (Lipinski definition) is 0. The van der Waals surface area contributed by atoms with Crippen molar-refractivity contribution in [2.45, 2.75) is 13.8 Å². The zero-order valence-corrected chi connectivity index (χ0v) is 14.7. The summed E-state index contributed by atoms with van der Waals surface area (Å²) in [6.45, 7) is 4.14. The molecule has 0 amide bonds. The molecule has 2 aromatic carbocycles. The van der Waals surface area contributed by atoms with Crippen molar-refractivity contribution in [3.05, 3.63) is 76.9 Å². The average Bonchev–Trinajstić information content (AvgIpc) is 2.62. The van der Waals surface area contributed by atoms with Gasteiger partial charge in [0.15, 0.2) is 5.65 Å². The summed E-state index contributed by atoms with van der Waals surface area (Å²) in [7, 11) is 0. The maximum atomic E-state index is 6.08. The molecule has 4 aromatic rings. The van der Waals surface area contributed by atoms with E-state index in [1.54, 1.807) is 12.3 Å². The van der Waals surface area contributed by atoms with E-state index in [0.717, 1.165) is 22.5 Å². The Kier molecular flexibility index (Phi) is 3.94. The first-order valence-corrected chi connectivity index (χ1v) is 8.45. The van der Waals surface area contributed by atoms with Gasteiger partial charge in [0.25, 0.3) is 0 Å². The van der Waals surface area contributed by atoms with Crippen LogP contribution in [-0.2, 0) is 0 Å². The molecule has 122 valence electrons. The maximum Gasteiger partial charge on any atom is 0.178 e. The number of aryl methyl sites for hydroxylation is 2. The molecule has 0 saturated carbocycles. The third-order valence-electron chi connectivity index (χ3n) is 4.14. The maximum absolute atomic E-state index is 6.08. The monoisotopic (exact) mass is 345 g/mol. The quantitative estimate of drug-likeness (QED) is 0.472. The smallest absolute Gasteiger partial charge is 0.178 e. The number of aromatic nitrogens is 3. The summed E-state index contributed by atoms with van der Waals surface area (Å²) in [6.07, 6.45) is 1.60. The minimum Gasteiger partial charge on any atom is -0.242 e. The van der Waals surface area contributed by atoms with Crippen LogP contribution >= 0.6 is 11.6 Å². The largest absolute Gasteiger partial charge is 0.242 e. The van der Waals surface area contributed by atoms with Crippen LogP contribution in [0.1, 0.15) is 11.1 Å². The first-order valence-electron chi connectivity index (χ1n) is 8.07. The van der Waals surface area contributed by atoms with E-state index >= 15 is 0 Å². The molecule has 0 saturated heterocycles. The highest BCUT2D eigenvalue weighted by Gasteiger charge is 2.14. The lowest BCUT2D eigenvalue weighted by Crippen LogP contribution is -1.97. The topological polar surface area (TPSA) is 38.7 Å². The van der Waals surface area contributed by atoms with E-state index in [4.69, 9.17) is 21.6 Å². The first kappa shape index (κ1) is 15.7. The van der Waals surface area contributed by atoms with Gasteiger partial charge in [0.05, 0.1) is 16.4 Å². The van der Waals surface area contributed by atoms with Crippen LogP contribution in [0.4, 0.5) is 0 Å². The zero-order chi connectivity index (χ0) is 17.4. The molecular formula is C21H16ClN3. The predicted molar refractivity (Wildman–Crippen MR) is 103 cm³/mol. The predicted octanol–water partition coefficient (Wildman–Crippen LogP) is 5.63. The number of nitrogens with zero attached hydrogens (tertiary/aromatic N) is 3. The molecule has 25 heavy (non-hydrogen) atoms. The second kappa shape index (κ2) is 6.26. The van der Waals surface area contributed by atoms with Crippen molar-refractivity contribution in [2.75, 3.05) is 0 Å². The molecule has 4 heteroatoms. The molecule has 0 unspecified atom stereocenters. The minimum absolute atomic E-state index is 0.555. The number of hydrogen-bond acceptors (Lipinski definition) is 3. The molecular weight excluding hydrogens is 330 g/mol. The van der Waals surface area contributed by atoms with Gasteiger partial charge in [0.2, 0.25) is 0 Å². The highest BCUT2D eigenvalue weighted by molar-refractivity contribution is 6.31. The molecule has 4 rings (SSSR count). The van der Waals surface area contributed by atoms with Crippen molar-refractivity contribution in [1.82, 2.24) is 15.0 Å². The Morgan fingerprint density at radius 1 is 0.720 bits per heavy atom. The van der Waals surface area contributed by atoms with Gasteiger partial charge in [0.1, 0.15) is 5.52 Å². The van der Waals surface area contributed by atoms with Gasteiger partial charge in [-0.1, -0.05) is 71.3 Å². The average molecular weight is 346 g/mol. The fourth-order valence-corrected chi connectivity index (χ4v) is 2.90. The lowest BCUT2D eigenvalue weighted by molar-refractivity contribution is 1.23. The Balaban J connectivity index is 2.01. The molecule has 0 aliphatic carbocycles. The van der Waals surface area contributed by atoms with E-state index in [1.807, 2.05) is 0 Å². The van der Waals surface area contributed by atoms with Crippen LogP contribution in [-0.4, -0.2) is 15.0 Å². The zero-order valence-electron chi connectivity index (χ0n) is 14.0. The molecule has 3 nitrogen and oxygen atoms in total. The van der Waals surface area contributed by atoms with E-state index in [1.165, 1.54) is 11.1 Å². The van der Waals surface area contributed by atoms with Crippen molar-refractivity contribution in [2.24, 2.45) is 0 Å². The normalized spacial score (nSPS) is 11.0. The van der Waals surface area contributed by atoms with E-state index in [2.05, 4.69) is 67.4 Å². The standard InChI is InChI=1S/C21H16ClN3/c1-13-3-7-15(8-4-13)19-20(16-9-5-14(2)6-10-16)25-21-18(24-19)11-17(22)12-23-21/h3-12H,1-2H3. The molecule has 2 aromatic heterocycles. The highest BCUT2D eigenvalue weighted by atomic mass is 35.5. The van der Waals surface area contributed by atoms with Crippen molar-refractivity contribution < 1.29 is 0 Å². The fraction of sp³-hybridized carbons (Fsp3) is 0.0952. The minimum atomic E-state index is 0.555. The molecule has 0 radical (unpaired) electrons. The van der Waals surface area contributed by atoms with E-state index < -0.39 is 0 Å². The van der Waals surface area contributed by atoms with Crippen LogP contribution in [0, 0.1) is 13.8 Å². The van der Waals surface area contributed by atoms with Gasteiger partial charge >= 0.3 is 0 Å². The molecule has 0 aliphatic heterocycles. The Bertz CT molecular complexity index is 1050. The van der Waals surface area contributed by atoms with Gasteiger partial charge in [0, 0.05) is 17.3 Å². The van der Waals surface area contributed by atoms with Gasteiger partial charge < -0.3 is 0 Å². The third-order valence-corrected chi connectivity index (χ3v) is 4.34. The Morgan fingerprint density at radius 2 is 1.24 bits per heavy atom. The summed E-state index contributed by atoms with van der Waals surface area (Å²) in [5.74, 6) is 0. The van der Waals surface area contributed by atoms with Crippen LogP contribution in [0.25, 0.3) is 33.7 Å². The Hall–Kier alpha value is -2.78. The SMILES string of the molecule is Cc1ccc(-c2nc3cc(Cl)cnc3nc2-c2ccc(C)cc2)cc1. The van der Waals surface area contributed by atoms with Crippen LogP contribution in [0.15, 0.2) is 60.8 Å². The number of pyridine rings is 1. The number of rotatable bonds is 2. The van der Waals surface area contributed by atoms with Gasteiger partial charge in [-0.15, -0.1) is 0 Å². The van der Waals surface area contributed by atoms with Crippen LogP contribution in [0.5, 0.6) is 0 Å². The molecule has 0 bridgehead atoms. The Morgan fingerprint density at radius 3 is 1.80 bits per heavy atom. The van der Waals surface area contributed by atoms with Crippen molar-refractivity contribution in [3.63, 3.8) is 0 Å². The molecule has 0 aliphatic rings. The molecule has 0 spiro atoms. The van der Waals surface area contributed by atoms with Crippen LogP contribution in [0.3, 0.4) is 0 Å². The number of fused-ring (bicyclic) bond motifs is 1. The fourth-order valence-electron chi connectivity index (χ4n) is 2.75. The summed E-state index contributed by atoms with van der Waals surface area (Å²) in [4.78, 5) is 13.9. The van der Waals surface area contributed by atoms with Crippen molar-refractivity contribution in [3.8, 4) is 22.5 Å². The molecule has 2 heterocycles. The summed E-state index contributed by atoms with van der Waals surface area (Å²) in [5.41, 5.74) is 7.41. The van der Waals surface area contributed by atoms with E-state index in [-0.39, 0.29) is 0 Å². The van der Waals surface area contributed by atoms with Crippen LogP contribution < -0.4 is 0 Å².